The van der Waals surface area contributed by atoms with Gasteiger partial charge in [-0.15, -0.1) is 0 Å². The van der Waals surface area contributed by atoms with Crippen LogP contribution in [-0.2, 0) is 12.8 Å². The average molecular weight is 260 g/mol. The van der Waals surface area contributed by atoms with Crippen molar-refractivity contribution in [3.05, 3.63) is 29.3 Å². The summed E-state index contributed by atoms with van der Waals surface area (Å²) in [4.78, 5) is 0. The van der Waals surface area contributed by atoms with E-state index in [1.165, 1.54) is 36.8 Å². The molecule has 0 heterocycles. The second-order valence-corrected chi connectivity index (χ2v) is 6.03. The van der Waals surface area contributed by atoms with Gasteiger partial charge in [0.25, 0.3) is 0 Å². The average Bonchev–Trinajstić information content (AvgIpc) is 2.38. The van der Waals surface area contributed by atoms with Crippen LogP contribution in [0.15, 0.2) is 18.2 Å². The molecule has 19 heavy (non-hydrogen) atoms. The minimum absolute atomic E-state index is 0.224. The second-order valence-electron chi connectivity index (χ2n) is 6.03. The maximum atomic E-state index is 7.53. The number of nitrogens with two attached hydrogens (primary N) is 1. The van der Waals surface area contributed by atoms with Crippen LogP contribution < -0.4 is 10.5 Å². The fourth-order valence-electron chi connectivity index (χ4n) is 2.36. The van der Waals surface area contributed by atoms with Gasteiger partial charge in [0.2, 0.25) is 0 Å². The van der Waals surface area contributed by atoms with E-state index in [9.17, 15) is 0 Å². The smallest absolute Gasteiger partial charge is 0.119 e. The largest absolute Gasteiger partial charge is 0.494 e. The first-order chi connectivity index (χ1) is 8.99. The monoisotopic (exact) mass is 260 g/mol. The maximum Gasteiger partial charge on any atom is 0.119 e. The first kappa shape index (κ1) is 13.9. The van der Waals surface area contributed by atoms with E-state index in [-0.39, 0.29) is 11.3 Å². The number of nitrogens with one attached hydrogen (secondary N) is 1. The van der Waals surface area contributed by atoms with Crippen molar-refractivity contribution in [1.82, 2.24) is 0 Å². The van der Waals surface area contributed by atoms with E-state index in [0.717, 1.165) is 12.2 Å². The van der Waals surface area contributed by atoms with Crippen LogP contribution in [0.25, 0.3) is 0 Å². The van der Waals surface area contributed by atoms with E-state index >= 15 is 0 Å². The lowest BCUT2D eigenvalue weighted by Crippen LogP contribution is -2.32. The Bertz CT molecular complexity index is 466. The number of fused-ring (bicyclic) bond motifs is 1. The highest BCUT2D eigenvalue weighted by Gasteiger charge is 2.21. The van der Waals surface area contributed by atoms with Gasteiger partial charge >= 0.3 is 0 Å². The van der Waals surface area contributed by atoms with Crippen LogP contribution in [0.5, 0.6) is 5.75 Å². The Morgan fingerprint density at radius 3 is 2.63 bits per heavy atom. The van der Waals surface area contributed by atoms with Crippen molar-refractivity contribution in [2.75, 3.05) is 6.61 Å². The van der Waals surface area contributed by atoms with Crippen molar-refractivity contribution in [2.24, 2.45) is 11.1 Å². The summed E-state index contributed by atoms with van der Waals surface area (Å²) in [6.45, 7) is 4.56. The van der Waals surface area contributed by atoms with Crippen LogP contribution in [0.2, 0.25) is 0 Å². The number of hydrogen-bond donors (Lipinski definition) is 2. The molecule has 0 saturated heterocycles. The number of rotatable bonds is 5. The Balaban J connectivity index is 1.92. The van der Waals surface area contributed by atoms with E-state index in [2.05, 4.69) is 18.2 Å². The topological polar surface area (TPSA) is 59.1 Å². The van der Waals surface area contributed by atoms with Crippen molar-refractivity contribution in [3.8, 4) is 5.75 Å². The molecule has 0 saturated carbocycles. The summed E-state index contributed by atoms with van der Waals surface area (Å²) in [5, 5.41) is 7.53. The zero-order valence-corrected chi connectivity index (χ0v) is 12.0. The van der Waals surface area contributed by atoms with Gasteiger partial charge in [-0.2, -0.15) is 0 Å². The van der Waals surface area contributed by atoms with E-state index in [1.54, 1.807) is 0 Å². The Morgan fingerprint density at radius 1 is 1.26 bits per heavy atom. The van der Waals surface area contributed by atoms with Gasteiger partial charge in [-0.3, -0.25) is 5.41 Å². The normalized spacial score (nSPS) is 14.8. The summed E-state index contributed by atoms with van der Waals surface area (Å²) in [5.74, 6) is 1.17. The van der Waals surface area contributed by atoms with Gasteiger partial charge in [-0.25, -0.2) is 0 Å². The first-order valence-corrected chi connectivity index (χ1v) is 7.08. The molecular weight excluding hydrogens is 236 g/mol. The molecule has 1 aromatic rings. The molecule has 0 aliphatic heterocycles. The highest BCUT2D eigenvalue weighted by molar-refractivity contribution is 5.82. The number of benzene rings is 1. The summed E-state index contributed by atoms with van der Waals surface area (Å²) < 4.78 is 5.81. The van der Waals surface area contributed by atoms with Gasteiger partial charge in [0.1, 0.15) is 5.75 Å². The van der Waals surface area contributed by atoms with E-state index in [4.69, 9.17) is 15.9 Å². The Labute approximate surface area is 115 Å². The lowest BCUT2D eigenvalue weighted by Gasteiger charge is -2.23. The third-order valence-electron chi connectivity index (χ3n) is 4.04. The summed E-state index contributed by atoms with van der Waals surface area (Å²) >= 11 is 0. The molecule has 3 nitrogen and oxygen atoms in total. The van der Waals surface area contributed by atoms with Crippen molar-refractivity contribution in [3.63, 3.8) is 0 Å². The Kier molecular flexibility index (Phi) is 4.13. The van der Waals surface area contributed by atoms with Gasteiger partial charge in [0, 0.05) is 5.41 Å². The number of hydrogen-bond acceptors (Lipinski definition) is 2. The Morgan fingerprint density at radius 2 is 1.95 bits per heavy atom. The molecule has 3 heteroatoms. The van der Waals surface area contributed by atoms with Crippen molar-refractivity contribution in [1.29, 1.82) is 5.41 Å². The van der Waals surface area contributed by atoms with E-state index in [1.807, 2.05) is 13.8 Å². The van der Waals surface area contributed by atoms with Crippen LogP contribution in [0.3, 0.4) is 0 Å². The molecular formula is C16H24N2O. The van der Waals surface area contributed by atoms with Crippen LogP contribution in [0.4, 0.5) is 0 Å². The first-order valence-electron chi connectivity index (χ1n) is 7.08. The lowest BCUT2D eigenvalue weighted by atomic mass is 9.88. The van der Waals surface area contributed by atoms with Gasteiger partial charge in [0.05, 0.1) is 12.4 Å². The van der Waals surface area contributed by atoms with Crippen LogP contribution >= 0.6 is 0 Å². The fraction of sp³-hybridized carbons (Fsp3) is 0.562. The van der Waals surface area contributed by atoms with E-state index < -0.39 is 0 Å². The summed E-state index contributed by atoms with van der Waals surface area (Å²) in [6.07, 6.45) is 5.73. The molecule has 0 aromatic heterocycles. The molecule has 1 aliphatic rings. The minimum atomic E-state index is -0.284. The number of amidine groups is 1. The molecule has 0 radical (unpaired) electrons. The number of ether oxygens (including phenoxy) is 1. The van der Waals surface area contributed by atoms with Gasteiger partial charge < -0.3 is 10.5 Å². The van der Waals surface area contributed by atoms with E-state index in [0.29, 0.717) is 6.61 Å². The lowest BCUT2D eigenvalue weighted by molar-refractivity contribution is 0.268. The zero-order valence-electron chi connectivity index (χ0n) is 12.0. The predicted molar refractivity (Wildman–Crippen MR) is 78.9 cm³/mol. The van der Waals surface area contributed by atoms with Gasteiger partial charge in [0.15, 0.2) is 0 Å². The van der Waals surface area contributed by atoms with Crippen LogP contribution in [-0.4, -0.2) is 12.4 Å². The maximum absolute atomic E-state index is 7.53. The van der Waals surface area contributed by atoms with Crippen LogP contribution in [0.1, 0.15) is 44.2 Å². The van der Waals surface area contributed by atoms with Crippen molar-refractivity contribution in [2.45, 2.75) is 46.0 Å². The standard InChI is InChI=1S/C16H24N2O/c1-16(2,15(17)18)9-10-19-14-8-7-12-5-3-4-6-13(12)11-14/h7-8,11H,3-6,9-10H2,1-2H3,(H3,17,18). The molecule has 0 amide bonds. The van der Waals surface area contributed by atoms with Crippen LogP contribution in [0, 0.1) is 10.8 Å². The third kappa shape index (κ3) is 3.49. The van der Waals surface area contributed by atoms with Gasteiger partial charge in [-0.05, 0) is 55.4 Å². The molecule has 1 aromatic carbocycles. The molecule has 0 atom stereocenters. The molecule has 0 spiro atoms. The molecule has 104 valence electrons. The summed E-state index contributed by atoms with van der Waals surface area (Å²) in [7, 11) is 0. The highest BCUT2D eigenvalue weighted by Crippen LogP contribution is 2.26. The number of aryl methyl sites for hydroxylation is 2. The molecule has 1 aliphatic carbocycles. The zero-order chi connectivity index (χ0) is 13.9. The van der Waals surface area contributed by atoms with Gasteiger partial charge in [-0.1, -0.05) is 19.9 Å². The fourth-order valence-corrected chi connectivity index (χ4v) is 2.36. The Hall–Kier alpha value is -1.51. The summed E-state index contributed by atoms with van der Waals surface area (Å²) in [6, 6.07) is 6.43. The highest BCUT2D eigenvalue weighted by atomic mass is 16.5. The minimum Gasteiger partial charge on any atom is -0.494 e. The van der Waals surface area contributed by atoms with Crippen molar-refractivity contribution < 1.29 is 4.74 Å². The quantitative estimate of drug-likeness (QED) is 0.630. The molecule has 0 fully saturated rings. The third-order valence-corrected chi connectivity index (χ3v) is 4.04. The molecule has 2 rings (SSSR count). The summed E-state index contributed by atoms with van der Waals surface area (Å²) in [5.41, 5.74) is 8.20. The van der Waals surface area contributed by atoms with Crippen molar-refractivity contribution >= 4 is 5.84 Å². The molecule has 3 N–H and O–H groups in total. The predicted octanol–water partition coefficient (Wildman–Crippen LogP) is 3.30. The molecule has 0 bridgehead atoms. The second kappa shape index (κ2) is 5.64. The molecule has 0 unspecified atom stereocenters. The SMILES string of the molecule is CC(C)(CCOc1ccc2c(c1)CCCC2)C(=N)N.